The molecule has 0 aromatic heterocycles. The Morgan fingerprint density at radius 3 is 1.40 bits per heavy atom. The fourth-order valence-corrected chi connectivity index (χ4v) is 2.71. The van der Waals surface area contributed by atoms with Gasteiger partial charge in [0, 0.05) is 0 Å². The van der Waals surface area contributed by atoms with Gasteiger partial charge in [-0.25, -0.2) is 4.79 Å². The van der Waals surface area contributed by atoms with E-state index in [1.807, 2.05) is 27.7 Å². The van der Waals surface area contributed by atoms with Crippen LogP contribution in [-0.4, -0.2) is 64.7 Å². The van der Waals surface area contributed by atoms with E-state index < -0.39 is 54.5 Å². The monoisotopic (exact) mass is 430 g/mol. The number of aliphatic hydroxyl groups is 1. The van der Waals surface area contributed by atoms with Crippen molar-refractivity contribution in [2.45, 2.75) is 78.6 Å². The Morgan fingerprint density at radius 1 is 0.733 bits per heavy atom. The van der Waals surface area contributed by atoms with E-state index in [0.29, 0.717) is 6.42 Å². The third-order valence-electron chi connectivity index (χ3n) is 4.50. The Balaban J connectivity index is 5.43. The van der Waals surface area contributed by atoms with Crippen molar-refractivity contribution in [3.05, 3.63) is 0 Å². The summed E-state index contributed by atoms with van der Waals surface area (Å²) in [6.07, 6.45) is 0.593. The fourth-order valence-electron chi connectivity index (χ4n) is 2.71. The van der Waals surface area contributed by atoms with Crippen LogP contribution in [-0.2, 0) is 19.2 Å². The molecule has 0 aromatic rings. The van der Waals surface area contributed by atoms with E-state index in [1.54, 1.807) is 13.8 Å². The topological polar surface area (TPSA) is 171 Å². The molecule has 0 saturated carbocycles. The zero-order valence-corrected chi connectivity index (χ0v) is 18.8. The van der Waals surface area contributed by atoms with Crippen molar-refractivity contribution in [1.82, 2.24) is 16.0 Å². The van der Waals surface area contributed by atoms with Gasteiger partial charge in [0.1, 0.15) is 18.1 Å². The van der Waals surface area contributed by atoms with E-state index in [1.165, 1.54) is 0 Å². The Kier molecular flexibility index (Phi) is 12.2. The molecular weight excluding hydrogens is 392 g/mol. The van der Waals surface area contributed by atoms with Crippen LogP contribution in [0.2, 0.25) is 0 Å². The first kappa shape index (κ1) is 27.8. The number of rotatable bonds is 13. The number of carbonyl (C=O) groups excluding carboxylic acids is 3. The fraction of sp³-hybridized carbons (Fsp3) is 0.800. The average Bonchev–Trinajstić information content (AvgIpc) is 2.62. The first-order valence-corrected chi connectivity index (χ1v) is 10.3. The normalized spacial score (nSPS) is 15.4. The maximum absolute atomic E-state index is 12.9. The third kappa shape index (κ3) is 10.0. The van der Waals surface area contributed by atoms with Gasteiger partial charge in [-0.3, -0.25) is 14.4 Å². The summed E-state index contributed by atoms with van der Waals surface area (Å²) in [6.45, 7) is 10.3. The van der Waals surface area contributed by atoms with Crippen LogP contribution in [0.5, 0.6) is 0 Å². The number of carbonyl (C=O) groups is 4. The minimum atomic E-state index is -1.47. The molecule has 0 bridgehead atoms. The average molecular weight is 431 g/mol. The molecular formula is C20H38N4O6. The number of carboxylic acids is 1. The smallest absolute Gasteiger partial charge is 0.328 e. The lowest BCUT2D eigenvalue weighted by Gasteiger charge is -2.27. The second-order valence-corrected chi connectivity index (χ2v) is 8.73. The number of nitrogens with one attached hydrogen (secondary N) is 3. The van der Waals surface area contributed by atoms with Crippen LogP contribution in [0.4, 0.5) is 0 Å². The Labute approximate surface area is 178 Å². The molecule has 0 aliphatic rings. The molecule has 174 valence electrons. The van der Waals surface area contributed by atoms with Gasteiger partial charge in [-0.1, -0.05) is 41.5 Å². The second kappa shape index (κ2) is 13.2. The SMILES string of the molecule is CC(C)C[C@H](NC(=O)[C@H](CC(C)C)NC(=O)[C@@H](N)C(C)C)C(=O)N[C@@H](CO)C(=O)O. The number of nitrogens with two attached hydrogens (primary N) is 1. The molecule has 4 atom stereocenters. The van der Waals surface area contributed by atoms with Gasteiger partial charge in [0.2, 0.25) is 17.7 Å². The van der Waals surface area contributed by atoms with Crippen LogP contribution in [0.15, 0.2) is 0 Å². The first-order valence-electron chi connectivity index (χ1n) is 10.3. The van der Waals surface area contributed by atoms with Crippen LogP contribution in [0.1, 0.15) is 54.4 Å². The minimum absolute atomic E-state index is 0.0194. The molecule has 10 heteroatoms. The van der Waals surface area contributed by atoms with Gasteiger partial charge >= 0.3 is 5.97 Å². The molecule has 0 radical (unpaired) electrons. The summed E-state index contributed by atoms with van der Waals surface area (Å²) in [4.78, 5) is 48.9. The van der Waals surface area contributed by atoms with Crippen molar-refractivity contribution in [2.24, 2.45) is 23.5 Å². The van der Waals surface area contributed by atoms with Crippen LogP contribution in [0.25, 0.3) is 0 Å². The molecule has 0 rings (SSSR count). The van der Waals surface area contributed by atoms with Crippen molar-refractivity contribution in [3.63, 3.8) is 0 Å². The first-order chi connectivity index (χ1) is 13.8. The van der Waals surface area contributed by atoms with E-state index in [-0.39, 0.29) is 24.2 Å². The number of hydrogen-bond acceptors (Lipinski definition) is 6. The van der Waals surface area contributed by atoms with Gasteiger partial charge in [0.25, 0.3) is 0 Å². The predicted molar refractivity (Wildman–Crippen MR) is 112 cm³/mol. The molecule has 3 amide bonds. The second-order valence-electron chi connectivity index (χ2n) is 8.73. The lowest BCUT2D eigenvalue weighted by molar-refractivity contribution is -0.143. The van der Waals surface area contributed by atoms with Gasteiger partial charge in [-0.2, -0.15) is 0 Å². The molecule has 30 heavy (non-hydrogen) atoms. The summed E-state index contributed by atoms with van der Waals surface area (Å²) in [5, 5.41) is 25.7. The van der Waals surface area contributed by atoms with Crippen molar-refractivity contribution < 1.29 is 29.4 Å². The number of hydrogen-bond donors (Lipinski definition) is 6. The summed E-state index contributed by atoms with van der Waals surface area (Å²) in [6, 6.07) is -4.16. The summed E-state index contributed by atoms with van der Waals surface area (Å²) >= 11 is 0. The molecule has 7 N–H and O–H groups in total. The van der Waals surface area contributed by atoms with Crippen LogP contribution in [0, 0.1) is 17.8 Å². The molecule has 0 unspecified atom stereocenters. The van der Waals surface area contributed by atoms with Crippen LogP contribution < -0.4 is 21.7 Å². The highest BCUT2D eigenvalue weighted by Crippen LogP contribution is 2.10. The Morgan fingerprint density at radius 2 is 1.10 bits per heavy atom. The van der Waals surface area contributed by atoms with E-state index in [0.717, 1.165) is 0 Å². The van der Waals surface area contributed by atoms with Gasteiger partial charge in [-0.15, -0.1) is 0 Å². The lowest BCUT2D eigenvalue weighted by Crippen LogP contribution is -2.58. The highest BCUT2D eigenvalue weighted by molar-refractivity contribution is 5.94. The Bertz CT molecular complexity index is 594. The zero-order chi connectivity index (χ0) is 23.6. The maximum atomic E-state index is 12.9. The Hall–Kier alpha value is -2.20. The standard InChI is InChI=1S/C20H38N4O6/c1-10(2)7-13(18(27)24-15(9-25)20(29)30)22-17(26)14(8-11(3)4)23-19(28)16(21)12(5)6/h10-16,25H,7-9,21H2,1-6H3,(H,22,26)(H,23,28)(H,24,27)(H,29,30)/t13-,14-,15-,16-/m0/s1. The molecule has 0 aromatic carbocycles. The minimum Gasteiger partial charge on any atom is -0.480 e. The van der Waals surface area contributed by atoms with E-state index in [2.05, 4.69) is 16.0 Å². The van der Waals surface area contributed by atoms with Gasteiger partial charge < -0.3 is 31.9 Å². The summed E-state index contributed by atoms with van der Waals surface area (Å²) < 4.78 is 0. The molecule has 0 fully saturated rings. The largest absolute Gasteiger partial charge is 0.480 e. The predicted octanol–water partition coefficient (Wildman–Crippen LogP) is -0.407. The summed E-state index contributed by atoms with van der Waals surface area (Å²) in [5.41, 5.74) is 5.87. The van der Waals surface area contributed by atoms with Crippen molar-refractivity contribution in [1.29, 1.82) is 0 Å². The highest BCUT2D eigenvalue weighted by atomic mass is 16.4. The summed E-state index contributed by atoms with van der Waals surface area (Å²) in [5.74, 6) is -3.12. The molecule has 0 spiro atoms. The van der Waals surface area contributed by atoms with Gasteiger partial charge in [0.05, 0.1) is 12.6 Å². The van der Waals surface area contributed by atoms with Crippen molar-refractivity contribution >= 4 is 23.7 Å². The molecule has 0 heterocycles. The lowest BCUT2D eigenvalue weighted by atomic mass is 9.99. The number of aliphatic hydroxyl groups excluding tert-OH is 1. The maximum Gasteiger partial charge on any atom is 0.328 e. The number of carboxylic acid groups (broad SMARTS) is 1. The van der Waals surface area contributed by atoms with E-state index in [9.17, 15) is 19.2 Å². The van der Waals surface area contributed by atoms with Crippen LogP contribution >= 0.6 is 0 Å². The van der Waals surface area contributed by atoms with Gasteiger partial charge in [-0.05, 0) is 30.6 Å². The van der Waals surface area contributed by atoms with Gasteiger partial charge in [0.15, 0.2) is 0 Å². The zero-order valence-electron chi connectivity index (χ0n) is 18.8. The number of aliphatic carboxylic acids is 1. The highest BCUT2D eigenvalue weighted by Gasteiger charge is 2.31. The van der Waals surface area contributed by atoms with E-state index in [4.69, 9.17) is 15.9 Å². The molecule has 0 saturated heterocycles. The van der Waals surface area contributed by atoms with E-state index >= 15 is 0 Å². The number of amides is 3. The summed E-state index contributed by atoms with van der Waals surface area (Å²) in [7, 11) is 0. The van der Waals surface area contributed by atoms with Crippen molar-refractivity contribution in [2.75, 3.05) is 6.61 Å². The quantitative estimate of drug-likeness (QED) is 0.231. The van der Waals surface area contributed by atoms with Crippen molar-refractivity contribution in [3.8, 4) is 0 Å². The van der Waals surface area contributed by atoms with Crippen LogP contribution in [0.3, 0.4) is 0 Å². The third-order valence-corrected chi connectivity index (χ3v) is 4.50. The molecule has 0 aliphatic carbocycles. The molecule has 10 nitrogen and oxygen atoms in total. The molecule has 0 aliphatic heterocycles.